The minimum atomic E-state index is -2.92. The van der Waals surface area contributed by atoms with Crippen molar-refractivity contribution in [2.24, 2.45) is 56.7 Å². The number of esters is 2. The monoisotopic (exact) mass is 861 g/mol. The summed E-state index contributed by atoms with van der Waals surface area (Å²) in [6, 6.07) is 7.13. The van der Waals surface area contributed by atoms with Crippen LogP contribution < -0.4 is 5.32 Å². The Kier molecular flexibility index (Phi) is 12.0. The molecule has 62 heavy (non-hydrogen) atoms. The Hall–Kier alpha value is -3.07. The summed E-state index contributed by atoms with van der Waals surface area (Å²) >= 11 is 0. The number of rotatable bonds is 9. The summed E-state index contributed by atoms with van der Waals surface area (Å²) in [7, 11) is 0. The number of hydrogen-bond acceptors (Lipinski definition) is 6. The predicted octanol–water partition coefficient (Wildman–Crippen LogP) is 11.9. The van der Waals surface area contributed by atoms with Crippen LogP contribution in [0, 0.1) is 56.7 Å². The highest BCUT2D eigenvalue weighted by atomic mass is 19.3. The molecule has 1 aromatic carbocycles. The molecule has 1 aromatic rings. The number of nitrogens with zero attached hydrogens (tertiary/aromatic N) is 1. The van der Waals surface area contributed by atoms with Gasteiger partial charge in [-0.25, -0.2) is 13.6 Å². The van der Waals surface area contributed by atoms with Crippen LogP contribution in [0.3, 0.4) is 0 Å². The Labute approximate surface area is 372 Å². The van der Waals surface area contributed by atoms with Crippen LogP contribution >= 0.6 is 0 Å². The van der Waals surface area contributed by atoms with Crippen LogP contribution in [-0.4, -0.2) is 65.5 Å². The molecule has 0 aromatic heterocycles. The van der Waals surface area contributed by atoms with Crippen LogP contribution in [0.1, 0.15) is 170 Å². The zero-order chi connectivity index (χ0) is 45.6. The fourth-order valence-corrected chi connectivity index (χ4v) is 15.1. The number of carbonyl (C=O) groups is 3. The quantitative estimate of drug-likeness (QED) is 0.197. The van der Waals surface area contributed by atoms with Crippen LogP contribution in [0.15, 0.2) is 42.5 Å². The minimum absolute atomic E-state index is 0.0129. The van der Waals surface area contributed by atoms with E-state index in [1.54, 1.807) is 20.8 Å². The molecular formula is C53H78F2N2O5. The SMILES string of the molecule is C=C(C)[C@@H]1CC[C@]2(CN[C@@H](CC(=O)OC(C)(C)C)C(=O)N3CCC(F)(F)C3)CC[C@]3(C)[C@H](CC[C@@H]4[C@@]5(C)CC=C(c6ccc(C(=O)OC(C)(C)C)cc6)C(C)(C)[C@@H]5CC[C@]43C)[C@@H]12. The molecule has 1 saturated heterocycles. The van der Waals surface area contributed by atoms with Crippen LogP contribution in [0.2, 0.25) is 0 Å². The Morgan fingerprint density at radius 2 is 1.50 bits per heavy atom. The Morgan fingerprint density at radius 1 is 0.839 bits per heavy atom. The average molecular weight is 861 g/mol. The molecule has 344 valence electrons. The molecule has 0 unspecified atom stereocenters. The number of amides is 1. The van der Waals surface area contributed by atoms with Crippen LogP contribution in [0.5, 0.6) is 0 Å². The van der Waals surface area contributed by atoms with E-state index in [2.05, 4.69) is 71.6 Å². The number of ether oxygens (including phenoxy) is 2. The van der Waals surface area contributed by atoms with E-state index in [4.69, 9.17) is 9.47 Å². The van der Waals surface area contributed by atoms with Crippen molar-refractivity contribution in [2.75, 3.05) is 19.6 Å². The summed E-state index contributed by atoms with van der Waals surface area (Å²) in [5.41, 5.74) is 3.33. The first-order chi connectivity index (χ1) is 28.6. The highest BCUT2D eigenvalue weighted by Gasteiger charge is 2.70. The molecule has 5 fully saturated rings. The normalized spacial score (nSPS) is 36.6. The second-order valence-electron chi connectivity index (χ2n) is 24.3. The molecule has 4 saturated carbocycles. The van der Waals surface area contributed by atoms with Gasteiger partial charge in [-0.15, -0.1) is 0 Å². The maximum absolute atomic E-state index is 14.4. The topological polar surface area (TPSA) is 84.9 Å². The molecule has 7 rings (SSSR count). The summed E-state index contributed by atoms with van der Waals surface area (Å²) in [5, 5.41) is 3.60. The standard InChI is InChI=1S/C53H78F2N2O5/c1-33(2)36-20-25-52(31-56-39(30-42(58)61-46(3,4)5)44(59)57-29-28-53(54,55)32-57)27-26-50(12)38(43(36)52)18-19-41-49(11)23-21-37(48(9,10)40(49)22-24-51(41,50)13)34-14-16-35(17-15-34)45(60)62-47(6,7)8/h14-17,21,36,38-41,43,56H,1,18-20,22-32H2,2-13H3/t36-,38+,39-,40-,41+,43+,49-,50+,51+,52+/m0/s1. The lowest BCUT2D eigenvalue weighted by Gasteiger charge is -2.72. The second kappa shape index (κ2) is 15.8. The van der Waals surface area contributed by atoms with Gasteiger partial charge in [0.1, 0.15) is 11.2 Å². The third-order valence-corrected chi connectivity index (χ3v) is 17.9. The van der Waals surface area contributed by atoms with Gasteiger partial charge in [0.05, 0.1) is 24.6 Å². The number of nitrogens with one attached hydrogen (secondary N) is 1. The molecule has 1 heterocycles. The van der Waals surface area contributed by atoms with Crippen molar-refractivity contribution in [1.82, 2.24) is 10.2 Å². The molecule has 1 aliphatic heterocycles. The van der Waals surface area contributed by atoms with Gasteiger partial charge in [-0.05, 0) is 186 Å². The molecule has 0 bridgehead atoms. The van der Waals surface area contributed by atoms with Crippen molar-refractivity contribution in [1.29, 1.82) is 0 Å². The van der Waals surface area contributed by atoms with Gasteiger partial charge in [-0.1, -0.05) is 65.0 Å². The predicted molar refractivity (Wildman–Crippen MR) is 242 cm³/mol. The first-order valence-electron chi connectivity index (χ1n) is 23.9. The lowest BCUT2D eigenvalue weighted by atomic mass is 9.32. The molecular weight excluding hydrogens is 783 g/mol. The number of allylic oxidation sites excluding steroid dienone is 3. The second-order valence-corrected chi connectivity index (χ2v) is 24.3. The molecule has 0 radical (unpaired) electrons. The number of hydrogen-bond donors (Lipinski definition) is 1. The first kappa shape index (κ1) is 46.9. The van der Waals surface area contributed by atoms with Crippen LogP contribution in [0.4, 0.5) is 8.78 Å². The van der Waals surface area contributed by atoms with Gasteiger partial charge < -0.3 is 19.7 Å². The summed E-state index contributed by atoms with van der Waals surface area (Å²) in [6.07, 6.45) is 11.9. The number of fused-ring (bicyclic) bond motifs is 7. The van der Waals surface area contributed by atoms with Gasteiger partial charge in [0.25, 0.3) is 5.92 Å². The summed E-state index contributed by atoms with van der Waals surface area (Å²) < 4.78 is 40.1. The third-order valence-electron chi connectivity index (χ3n) is 17.9. The van der Waals surface area contributed by atoms with E-state index >= 15 is 0 Å². The van der Waals surface area contributed by atoms with Gasteiger partial charge in [0.2, 0.25) is 5.91 Å². The molecule has 7 nitrogen and oxygen atoms in total. The zero-order valence-corrected chi connectivity index (χ0v) is 40.2. The van der Waals surface area contributed by atoms with E-state index in [9.17, 15) is 23.2 Å². The third kappa shape index (κ3) is 8.25. The van der Waals surface area contributed by atoms with Crippen molar-refractivity contribution in [3.05, 3.63) is 53.6 Å². The molecule has 0 spiro atoms. The number of likely N-dealkylation sites (tertiary alicyclic amines) is 1. The highest BCUT2D eigenvalue weighted by Crippen LogP contribution is 2.77. The maximum atomic E-state index is 14.4. The van der Waals surface area contributed by atoms with Crippen molar-refractivity contribution in [2.45, 2.75) is 177 Å². The smallest absolute Gasteiger partial charge is 0.338 e. The number of benzene rings is 1. The summed E-state index contributed by atoms with van der Waals surface area (Å²) in [5.74, 6) is -1.85. The van der Waals surface area contributed by atoms with E-state index < -0.39 is 41.6 Å². The lowest BCUT2D eigenvalue weighted by Crippen LogP contribution is -2.66. The number of halogens is 2. The first-order valence-corrected chi connectivity index (χ1v) is 23.9. The van der Waals surface area contributed by atoms with E-state index in [0.29, 0.717) is 41.7 Å². The highest BCUT2D eigenvalue weighted by molar-refractivity contribution is 5.90. The summed E-state index contributed by atoms with van der Waals surface area (Å²) in [6.45, 7) is 30.6. The van der Waals surface area contributed by atoms with E-state index in [1.165, 1.54) is 34.5 Å². The van der Waals surface area contributed by atoms with Crippen molar-refractivity contribution >= 4 is 23.4 Å². The molecule has 5 aliphatic carbocycles. The number of carbonyl (C=O) groups excluding carboxylic acids is 3. The Morgan fingerprint density at radius 3 is 2.10 bits per heavy atom. The van der Waals surface area contributed by atoms with E-state index in [1.807, 2.05) is 32.9 Å². The largest absolute Gasteiger partial charge is 0.460 e. The van der Waals surface area contributed by atoms with Crippen molar-refractivity contribution in [3.63, 3.8) is 0 Å². The zero-order valence-electron chi connectivity index (χ0n) is 40.2. The van der Waals surface area contributed by atoms with Gasteiger partial charge in [-0.2, -0.15) is 0 Å². The maximum Gasteiger partial charge on any atom is 0.338 e. The van der Waals surface area contributed by atoms with Crippen molar-refractivity contribution in [3.8, 4) is 0 Å². The Balaban J connectivity index is 1.14. The van der Waals surface area contributed by atoms with Gasteiger partial charge >= 0.3 is 11.9 Å². The molecule has 6 aliphatic rings. The van der Waals surface area contributed by atoms with Gasteiger partial charge in [0, 0.05) is 19.5 Å². The van der Waals surface area contributed by atoms with E-state index in [0.717, 1.165) is 44.9 Å². The van der Waals surface area contributed by atoms with Crippen molar-refractivity contribution < 1.29 is 32.6 Å². The van der Waals surface area contributed by atoms with Crippen LogP contribution in [0.25, 0.3) is 5.57 Å². The average Bonchev–Trinajstić information content (AvgIpc) is 3.72. The Bertz CT molecular complexity index is 1960. The molecule has 1 amide bonds. The fraction of sp³-hybridized carbons (Fsp3) is 0.755. The lowest BCUT2D eigenvalue weighted by molar-refractivity contribution is -0.225. The number of alkyl halides is 2. The molecule has 1 N–H and O–H groups in total. The van der Waals surface area contributed by atoms with Crippen LogP contribution in [-0.2, 0) is 19.1 Å². The van der Waals surface area contributed by atoms with E-state index in [-0.39, 0.29) is 52.4 Å². The summed E-state index contributed by atoms with van der Waals surface area (Å²) in [4.78, 5) is 41.4. The fourth-order valence-electron chi connectivity index (χ4n) is 15.1. The van der Waals surface area contributed by atoms with Gasteiger partial charge in [-0.3, -0.25) is 9.59 Å². The minimum Gasteiger partial charge on any atom is -0.460 e. The van der Waals surface area contributed by atoms with Gasteiger partial charge in [0.15, 0.2) is 0 Å². The molecule has 10 atom stereocenters. The molecule has 9 heteroatoms.